The molecule has 0 spiro atoms. The molecule has 116 valence electrons. The highest BCUT2D eigenvalue weighted by Crippen LogP contribution is 2.29. The molecule has 0 aliphatic carbocycles. The Morgan fingerprint density at radius 2 is 1.82 bits per heavy atom. The minimum absolute atomic E-state index is 0.133. The van der Waals surface area contributed by atoms with Gasteiger partial charge in [0.1, 0.15) is 6.61 Å². The van der Waals surface area contributed by atoms with Gasteiger partial charge < -0.3 is 10.5 Å². The second-order valence-electron chi connectivity index (χ2n) is 4.52. The van der Waals surface area contributed by atoms with E-state index in [1.165, 1.54) is 12.1 Å². The highest BCUT2D eigenvalue weighted by atomic mass is 19.4. The maximum Gasteiger partial charge on any atom is 0.416 e. The van der Waals surface area contributed by atoms with Gasteiger partial charge in [-0.2, -0.15) is 13.2 Å². The lowest BCUT2D eigenvalue weighted by Crippen LogP contribution is -2.13. The standard InChI is InChI=1S/C15H13F3N2O2/c16-15(17,18)11-6-4-10(5-7-11)9-22-14(21)20-13-3-1-2-12(19)8-13/h1-8H,9,19H2,(H,20,21). The summed E-state index contributed by atoms with van der Waals surface area (Å²) < 4.78 is 42.1. The van der Waals surface area contributed by atoms with E-state index in [0.717, 1.165) is 12.1 Å². The number of hydrogen-bond donors (Lipinski definition) is 2. The van der Waals surface area contributed by atoms with E-state index in [1.54, 1.807) is 24.3 Å². The van der Waals surface area contributed by atoms with Gasteiger partial charge in [-0.25, -0.2) is 4.79 Å². The van der Waals surface area contributed by atoms with Crippen molar-refractivity contribution in [3.05, 3.63) is 59.7 Å². The molecule has 1 amide bonds. The average Bonchev–Trinajstić information content (AvgIpc) is 2.45. The number of anilines is 2. The number of halogens is 3. The molecule has 0 heterocycles. The Bertz CT molecular complexity index is 655. The topological polar surface area (TPSA) is 64.3 Å². The Morgan fingerprint density at radius 1 is 1.14 bits per heavy atom. The molecule has 2 rings (SSSR count). The lowest BCUT2D eigenvalue weighted by Gasteiger charge is -2.09. The number of alkyl halides is 3. The highest BCUT2D eigenvalue weighted by Gasteiger charge is 2.29. The van der Waals surface area contributed by atoms with Crippen LogP contribution in [0.15, 0.2) is 48.5 Å². The van der Waals surface area contributed by atoms with Gasteiger partial charge in [0.15, 0.2) is 0 Å². The number of hydrogen-bond acceptors (Lipinski definition) is 3. The van der Waals surface area contributed by atoms with Crippen LogP contribution >= 0.6 is 0 Å². The Morgan fingerprint density at radius 3 is 2.41 bits per heavy atom. The number of carbonyl (C=O) groups is 1. The summed E-state index contributed by atoms with van der Waals surface area (Å²) in [5.74, 6) is 0. The zero-order chi connectivity index (χ0) is 16.2. The lowest BCUT2D eigenvalue weighted by atomic mass is 10.1. The molecule has 0 aliphatic heterocycles. The first-order valence-corrected chi connectivity index (χ1v) is 6.30. The lowest BCUT2D eigenvalue weighted by molar-refractivity contribution is -0.137. The van der Waals surface area contributed by atoms with E-state index < -0.39 is 17.8 Å². The molecule has 0 aromatic heterocycles. The second-order valence-corrected chi connectivity index (χ2v) is 4.52. The van der Waals surface area contributed by atoms with E-state index in [-0.39, 0.29) is 6.61 Å². The highest BCUT2D eigenvalue weighted by molar-refractivity contribution is 5.85. The van der Waals surface area contributed by atoms with E-state index in [2.05, 4.69) is 5.32 Å². The number of nitrogens with two attached hydrogens (primary N) is 1. The van der Waals surface area contributed by atoms with Crippen LogP contribution in [0.5, 0.6) is 0 Å². The van der Waals surface area contributed by atoms with Crippen LogP contribution in [-0.4, -0.2) is 6.09 Å². The molecule has 0 radical (unpaired) electrons. The van der Waals surface area contributed by atoms with Crippen LogP contribution in [0.4, 0.5) is 29.3 Å². The van der Waals surface area contributed by atoms with Gasteiger partial charge >= 0.3 is 12.3 Å². The van der Waals surface area contributed by atoms with Crippen LogP contribution in [0.2, 0.25) is 0 Å². The molecule has 0 unspecified atom stereocenters. The summed E-state index contributed by atoms with van der Waals surface area (Å²) in [5, 5.41) is 2.47. The van der Waals surface area contributed by atoms with Crippen molar-refractivity contribution >= 4 is 17.5 Å². The zero-order valence-corrected chi connectivity index (χ0v) is 11.4. The van der Waals surface area contributed by atoms with Gasteiger partial charge in [0.05, 0.1) is 5.56 Å². The van der Waals surface area contributed by atoms with Gasteiger partial charge in [0.2, 0.25) is 0 Å². The third-order valence-electron chi connectivity index (χ3n) is 2.78. The Balaban J connectivity index is 1.88. The van der Waals surface area contributed by atoms with Gasteiger partial charge in [-0.1, -0.05) is 18.2 Å². The number of nitrogen functional groups attached to an aromatic ring is 1. The first kappa shape index (κ1) is 15.7. The third-order valence-corrected chi connectivity index (χ3v) is 2.78. The monoisotopic (exact) mass is 310 g/mol. The molecular weight excluding hydrogens is 297 g/mol. The fourth-order valence-electron chi connectivity index (χ4n) is 1.71. The summed E-state index contributed by atoms with van der Waals surface area (Å²) in [5.41, 5.74) is 6.23. The van der Waals surface area contributed by atoms with E-state index >= 15 is 0 Å². The van der Waals surface area contributed by atoms with E-state index in [9.17, 15) is 18.0 Å². The quantitative estimate of drug-likeness (QED) is 0.841. The summed E-state index contributed by atoms with van der Waals surface area (Å²) in [6.07, 6.45) is -5.10. The SMILES string of the molecule is Nc1cccc(NC(=O)OCc2ccc(C(F)(F)F)cc2)c1. The summed E-state index contributed by atoms with van der Waals surface area (Å²) in [7, 11) is 0. The van der Waals surface area contributed by atoms with Crippen molar-refractivity contribution in [2.24, 2.45) is 0 Å². The van der Waals surface area contributed by atoms with Crippen molar-refractivity contribution in [3.8, 4) is 0 Å². The Kier molecular flexibility index (Phi) is 4.55. The first-order chi connectivity index (χ1) is 10.3. The smallest absolute Gasteiger partial charge is 0.416 e. The normalized spacial score (nSPS) is 11.0. The molecule has 0 fully saturated rings. The molecule has 0 atom stereocenters. The number of ether oxygens (including phenoxy) is 1. The number of nitrogens with one attached hydrogen (secondary N) is 1. The average molecular weight is 310 g/mol. The van der Waals surface area contributed by atoms with Crippen molar-refractivity contribution in [1.29, 1.82) is 0 Å². The molecule has 4 nitrogen and oxygen atoms in total. The fourth-order valence-corrected chi connectivity index (χ4v) is 1.71. The molecule has 0 aliphatic rings. The number of carbonyl (C=O) groups excluding carboxylic acids is 1. The zero-order valence-electron chi connectivity index (χ0n) is 11.4. The minimum atomic E-state index is -4.38. The molecule has 3 N–H and O–H groups in total. The predicted molar refractivity (Wildman–Crippen MR) is 76.1 cm³/mol. The number of rotatable bonds is 3. The number of benzene rings is 2. The molecule has 0 bridgehead atoms. The molecule has 2 aromatic carbocycles. The van der Waals surface area contributed by atoms with Crippen molar-refractivity contribution < 1.29 is 22.7 Å². The summed E-state index contributed by atoms with van der Waals surface area (Å²) >= 11 is 0. The Labute approximate surface area is 124 Å². The second kappa shape index (κ2) is 6.38. The van der Waals surface area contributed by atoms with Crippen LogP contribution in [0.25, 0.3) is 0 Å². The number of amides is 1. The predicted octanol–water partition coefficient (Wildman–Crippen LogP) is 4.04. The maximum atomic E-state index is 12.4. The summed E-state index contributed by atoms with van der Waals surface area (Å²) in [6.45, 7) is -0.133. The van der Waals surface area contributed by atoms with Gasteiger partial charge in [0, 0.05) is 11.4 Å². The van der Waals surface area contributed by atoms with Gasteiger partial charge in [-0.3, -0.25) is 5.32 Å². The molecule has 0 saturated carbocycles. The van der Waals surface area contributed by atoms with Crippen LogP contribution in [0.3, 0.4) is 0 Å². The van der Waals surface area contributed by atoms with Crippen molar-refractivity contribution in [3.63, 3.8) is 0 Å². The molecule has 7 heteroatoms. The molecular formula is C15H13F3N2O2. The van der Waals surface area contributed by atoms with E-state index in [4.69, 9.17) is 10.5 Å². The Hall–Kier alpha value is -2.70. The maximum absolute atomic E-state index is 12.4. The minimum Gasteiger partial charge on any atom is -0.444 e. The van der Waals surface area contributed by atoms with Crippen LogP contribution in [-0.2, 0) is 17.5 Å². The van der Waals surface area contributed by atoms with Crippen molar-refractivity contribution in [2.75, 3.05) is 11.1 Å². The third kappa shape index (κ3) is 4.41. The summed E-state index contributed by atoms with van der Waals surface area (Å²) in [6, 6.07) is 10.9. The van der Waals surface area contributed by atoms with Crippen LogP contribution in [0.1, 0.15) is 11.1 Å². The molecule has 22 heavy (non-hydrogen) atoms. The molecule has 0 saturated heterocycles. The van der Waals surface area contributed by atoms with Gasteiger partial charge in [-0.05, 0) is 35.9 Å². The molecule has 2 aromatic rings. The van der Waals surface area contributed by atoms with Gasteiger partial charge in [0.25, 0.3) is 0 Å². The first-order valence-electron chi connectivity index (χ1n) is 6.30. The van der Waals surface area contributed by atoms with Gasteiger partial charge in [-0.15, -0.1) is 0 Å². The van der Waals surface area contributed by atoms with Crippen LogP contribution < -0.4 is 11.1 Å². The van der Waals surface area contributed by atoms with E-state index in [1.807, 2.05) is 0 Å². The van der Waals surface area contributed by atoms with Crippen LogP contribution in [0, 0.1) is 0 Å². The van der Waals surface area contributed by atoms with Crippen molar-refractivity contribution in [2.45, 2.75) is 12.8 Å². The largest absolute Gasteiger partial charge is 0.444 e. The fraction of sp³-hybridized carbons (Fsp3) is 0.133. The van der Waals surface area contributed by atoms with Crippen molar-refractivity contribution in [1.82, 2.24) is 0 Å². The van der Waals surface area contributed by atoms with E-state index in [0.29, 0.717) is 16.9 Å². The summed E-state index contributed by atoms with van der Waals surface area (Å²) in [4.78, 5) is 11.6.